The van der Waals surface area contributed by atoms with Gasteiger partial charge in [-0.25, -0.2) is 0 Å². The molecule has 27 heavy (non-hydrogen) atoms. The molecule has 2 aliphatic heterocycles. The van der Waals surface area contributed by atoms with E-state index >= 15 is 0 Å². The summed E-state index contributed by atoms with van der Waals surface area (Å²) >= 11 is 6.16. The molecular weight excluding hydrogens is 368 g/mol. The molecule has 7 heteroatoms. The van der Waals surface area contributed by atoms with E-state index in [1.54, 1.807) is 11.0 Å². The Bertz CT molecular complexity index is 915. The SMILES string of the molecule is Cc1c(Cl)cccc1N1CC[C@@H](C(=O)NCc2ccc3c(c2)OCO3)C1=O. The lowest BCUT2D eigenvalue weighted by Crippen LogP contribution is -2.36. The normalized spacial score (nSPS) is 18.1. The van der Waals surface area contributed by atoms with Gasteiger partial charge in [-0.15, -0.1) is 0 Å². The summed E-state index contributed by atoms with van der Waals surface area (Å²) in [5.41, 5.74) is 2.49. The fraction of sp³-hybridized carbons (Fsp3) is 0.300. The maximum absolute atomic E-state index is 12.8. The van der Waals surface area contributed by atoms with Gasteiger partial charge in [-0.05, 0) is 48.7 Å². The molecule has 1 atom stereocenters. The number of hydrogen-bond acceptors (Lipinski definition) is 4. The number of amides is 2. The number of carbonyl (C=O) groups excluding carboxylic acids is 2. The second-order valence-corrected chi connectivity index (χ2v) is 7.03. The Morgan fingerprint density at radius 2 is 2.07 bits per heavy atom. The highest BCUT2D eigenvalue weighted by Crippen LogP contribution is 2.33. The molecule has 2 heterocycles. The lowest BCUT2D eigenvalue weighted by atomic mass is 10.1. The van der Waals surface area contributed by atoms with Crippen LogP contribution in [0.4, 0.5) is 5.69 Å². The molecule has 2 amide bonds. The minimum absolute atomic E-state index is 0.191. The third kappa shape index (κ3) is 3.32. The third-order valence-electron chi connectivity index (χ3n) is 4.96. The minimum atomic E-state index is -0.683. The van der Waals surface area contributed by atoms with Crippen molar-refractivity contribution in [3.63, 3.8) is 0 Å². The monoisotopic (exact) mass is 386 g/mol. The molecule has 0 bridgehead atoms. The number of ether oxygens (including phenoxy) is 2. The number of nitrogens with zero attached hydrogens (tertiary/aromatic N) is 1. The van der Waals surface area contributed by atoms with Crippen LogP contribution in [0, 0.1) is 12.8 Å². The van der Waals surface area contributed by atoms with Gasteiger partial charge in [0.05, 0.1) is 0 Å². The van der Waals surface area contributed by atoms with Crippen molar-refractivity contribution in [3.05, 3.63) is 52.5 Å². The fourth-order valence-corrected chi connectivity index (χ4v) is 3.58. The molecule has 2 aromatic carbocycles. The average Bonchev–Trinajstić information content (AvgIpc) is 3.28. The van der Waals surface area contributed by atoms with E-state index < -0.39 is 5.92 Å². The standard InChI is InChI=1S/C20H19ClN2O4/c1-12-15(21)3-2-4-16(12)23-8-7-14(20(23)25)19(24)22-10-13-5-6-17-18(9-13)27-11-26-17/h2-6,9,14H,7-8,10-11H2,1H3,(H,22,24)/t14-/m0/s1. The summed E-state index contributed by atoms with van der Waals surface area (Å²) in [6.07, 6.45) is 0.484. The van der Waals surface area contributed by atoms with Gasteiger partial charge in [0, 0.05) is 23.8 Å². The van der Waals surface area contributed by atoms with Crippen LogP contribution in [0.5, 0.6) is 11.5 Å². The van der Waals surface area contributed by atoms with E-state index in [2.05, 4.69) is 5.32 Å². The van der Waals surface area contributed by atoms with Crippen molar-refractivity contribution >= 4 is 29.1 Å². The summed E-state index contributed by atoms with van der Waals surface area (Å²) in [5.74, 6) is 0.227. The maximum Gasteiger partial charge on any atom is 0.239 e. The lowest BCUT2D eigenvalue weighted by molar-refractivity contribution is -0.132. The van der Waals surface area contributed by atoms with Crippen LogP contribution in [-0.4, -0.2) is 25.2 Å². The predicted molar refractivity (Wildman–Crippen MR) is 101 cm³/mol. The molecule has 140 valence electrons. The topological polar surface area (TPSA) is 67.9 Å². The number of rotatable bonds is 4. The van der Waals surface area contributed by atoms with Crippen LogP contribution in [0.1, 0.15) is 17.5 Å². The highest BCUT2D eigenvalue weighted by atomic mass is 35.5. The van der Waals surface area contributed by atoms with Gasteiger partial charge in [0.25, 0.3) is 0 Å². The van der Waals surface area contributed by atoms with Crippen LogP contribution in [0.25, 0.3) is 0 Å². The van der Waals surface area contributed by atoms with Crippen LogP contribution >= 0.6 is 11.6 Å². The number of benzene rings is 2. The number of hydrogen-bond donors (Lipinski definition) is 1. The van der Waals surface area contributed by atoms with Gasteiger partial charge in [-0.3, -0.25) is 9.59 Å². The molecule has 0 aliphatic carbocycles. The van der Waals surface area contributed by atoms with E-state index in [-0.39, 0.29) is 18.6 Å². The molecule has 2 aromatic rings. The number of anilines is 1. The van der Waals surface area contributed by atoms with Crippen LogP contribution in [0.2, 0.25) is 5.02 Å². The van der Waals surface area contributed by atoms with Gasteiger partial charge in [-0.2, -0.15) is 0 Å². The molecule has 1 fully saturated rings. The molecule has 1 saturated heterocycles. The number of halogens is 1. The summed E-state index contributed by atoms with van der Waals surface area (Å²) in [6.45, 7) is 2.91. The Morgan fingerprint density at radius 3 is 2.93 bits per heavy atom. The van der Waals surface area contributed by atoms with E-state index in [1.165, 1.54) is 0 Å². The van der Waals surface area contributed by atoms with Gasteiger partial charge >= 0.3 is 0 Å². The van der Waals surface area contributed by atoms with Crippen molar-refractivity contribution < 1.29 is 19.1 Å². The van der Waals surface area contributed by atoms with E-state index in [4.69, 9.17) is 21.1 Å². The molecule has 6 nitrogen and oxygen atoms in total. The van der Waals surface area contributed by atoms with Crippen LogP contribution < -0.4 is 19.7 Å². The fourth-order valence-electron chi connectivity index (χ4n) is 3.41. The Hall–Kier alpha value is -2.73. The van der Waals surface area contributed by atoms with E-state index in [0.717, 1.165) is 16.8 Å². The molecule has 0 spiro atoms. The van der Waals surface area contributed by atoms with Gasteiger partial charge in [-0.1, -0.05) is 23.7 Å². The molecule has 0 saturated carbocycles. The largest absolute Gasteiger partial charge is 0.454 e. The van der Waals surface area contributed by atoms with E-state index in [9.17, 15) is 9.59 Å². The first-order valence-corrected chi connectivity index (χ1v) is 9.15. The summed E-state index contributed by atoms with van der Waals surface area (Å²) in [5, 5.41) is 3.46. The summed E-state index contributed by atoms with van der Waals surface area (Å²) in [6, 6.07) is 11.0. The Labute approximate surface area is 162 Å². The van der Waals surface area contributed by atoms with Crippen molar-refractivity contribution in [1.82, 2.24) is 5.32 Å². The second-order valence-electron chi connectivity index (χ2n) is 6.62. The highest BCUT2D eigenvalue weighted by molar-refractivity contribution is 6.31. The molecule has 1 N–H and O–H groups in total. The molecule has 2 aliphatic rings. The van der Waals surface area contributed by atoms with Crippen LogP contribution in [0.15, 0.2) is 36.4 Å². The zero-order chi connectivity index (χ0) is 19.0. The summed E-state index contributed by atoms with van der Waals surface area (Å²) in [7, 11) is 0. The molecule has 0 aromatic heterocycles. The first-order valence-electron chi connectivity index (χ1n) is 8.77. The first kappa shape index (κ1) is 17.7. The Morgan fingerprint density at radius 1 is 1.26 bits per heavy atom. The van der Waals surface area contributed by atoms with Gasteiger partial charge in [0.2, 0.25) is 18.6 Å². The maximum atomic E-state index is 12.8. The van der Waals surface area contributed by atoms with Crippen LogP contribution in [-0.2, 0) is 16.1 Å². The van der Waals surface area contributed by atoms with Gasteiger partial charge < -0.3 is 19.7 Å². The van der Waals surface area contributed by atoms with Crippen LogP contribution in [0.3, 0.4) is 0 Å². The number of carbonyl (C=O) groups is 2. The van der Waals surface area contributed by atoms with Crippen molar-refractivity contribution in [1.29, 1.82) is 0 Å². The third-order valence-corrected chi connectivity index (χ3v) is 5.37. The Balaban J connectivity index is 1.41. The smallest absolute Gasteiger partial charge is 0.239 e. The summed E-state index contributed by atoms with van der Waals surface area (Å²) in [4.78, 5) is 27.0. The zero-order valence-electron chi connectivity index (χ0n) is 14.8. The van der Waals surface area contributed by atoms with Crippen molar-refractivity contribution in [2.45, 2.75) is 19.9 Å². The van der Waals surface area contributed by atoms with Crippen molar-refractivity contribution in [3.8, 4) is 11.5 Å². The average molecular weight is 387 g/mol. The molecular formula is C20H19ClN2O4. The first-order chi connectivity index (χ1) is 13.0. The highest BCUT2D eigenvalue weighted by Gasteiger charge is 2.38. The molecule has 0 unspecified atom stereocenters. The lowest BCUT2D eigenvalue weighted by Gasteiger charge is -2.19. The quantitative estimate of drug-likeness (QED) is 0.820. The predicted octanol–water partition coefficient (Wildman–Crippen LogP) is 3.05. The summed E-state index contributed by atoms with van der Waals surface area (Å²) < 4.78 is 10.6. The van der Waals surface area contributed by atoms with E-state index in [1.807, 2.05) is 37.3 Å². The van der Waals surface area contributed by atoms with Crippen molar-refractivity contribution in [2.24, 2.45) is 5.92 Å². The minimum Gasteiger partial charge on any atom is -0.454 e. The number of nitrogens with one attached hydrogen (secondary N) is 1. The van der Waals surface area contributed by atoms with Gasteiger partial charge in [0.1, 0.15) is 5.92 Å². The zero-order valence-corrected chi connectivity index (χ0v) is 15.6. The Kier molecular flexibility index (Phi) is 4.66. The number of fused-ring (bicyclic) bond motifs is 1. The van der Waals surface area contributed by atoms with Gasteiger partial charge in [0.15, 0.2) is 11.5 Å². The van der Waals surface area contributed by atoms with Crippen molar-refractivity contribution in [2.75, 3.05) is 18.2 Å². The molecule has 4 rings (SSSR count). The van der Waals surface area contributed by atoms with E-state index in [0.29, 0.717) is 36.0 Å². The second kappa shape index (κ2) is 7.12. The molecule has 0 radical (unpaired) electrons.